The van der Waals surface area contributed by atoms with Crippen molar-refractivity contribution in [1.29, 1.82) is 0 Å². The van der Waals surface area contributed by atoms with Crippen molar-refractivity contribution in [3.63, 3.8) is 0 Å². The highest BCUT2D eigenvalue weighted by Gasteiger charge is 2.27. The highest BCUT2D eigenvalue weighted by atomic mass is 35.5. The van der Waals surface area contributed by atoms with Gasteiger partial charge in [-0.1, -0.05) is 16.8 Å². The van der Waals surface area contributed by atoms with Crippen molar-refractivity contribution in [3.8, 4) is 0 Å². The summed E-state index contributed by atoms with van der Waals surface area (Å²) in [5, 5.41) is 13.0. The Morgan fingerprint density at radius 1 is 1.48 bits per heavy atom. The molecule has 0 radical (unpaired) electrons. The second kappa shape index (κ2) is 5.42. The Kier molecular flexibility index (Phi) is 3.75. The Morgan fingerprint density at radius 3 is 2.95 bits per heavy atom. The molecule has 2 aromatic heterocycles. The van der Waals surface area contributed by atoms with Crippen molar-refractivity contribution >= 4 is 21.4 Å². The molecule has 2 aromatic rings. The molecule has 1 atom stereocenters. The van der Waals surface area contributed by atoms with Crippen molar-refractivity contribution in [2.75, 3.05) is 11.5 Å². The second-order valence-corrected chi connectivity index (χ2v) is 7.99. The van der Waals surface area contributed by atoms with Crippen molar-refractivity contribution in [2.24, 2.45) is 7.05 Å². The zero-order chi connectivity index (χ0) is 15.0. The predicted molar refractivity (Wildman–Crippen MR) is 78.0 cm³/mol. The molecule has 0 aromatic carbocycles. The van der Waals surface area contributed by atoms with Crippen LogP contribution >= 0.6 is 11.6 Å². The molecule has 0 N–H and O–H groups in total. The van der Waals surface area contributed by atoms with Crippen molar-refractivity contribution in [1.82, 2.24) is 24.8 Å². The fourth-order valence-electron chi connectivity index (χ4n) is 2.58. The molecule has 1 aliphatic heterocycles. The van der Waals surface area contributed by atoms with Gasteiger partial charge in [-0.3, -0.25) is 4.68 Å². The van der Waals surface area contributed by atoms with Crippen LogP contribution in [0.3, 0.4) is 0 Å². The number of aryl methyl sites for hydroxylation is 1. The molecule has 9 heteroatoms. The van der Waals surface area contributed by atoms with E-state index in [2.05, 4.69) is 15.4 Å². The molecule has 7 nitrogen and oxygen atoms in total. The number of nitrogens with zero attached hydrogens (tertiary/aromatic N) is 5. The Bertz CT molecular complexity index is 732. The second-order valence-electron chi connectivity index (χ2n) is 5.38. The van der Waals surface area contributed by atoms with E-state index in [0.717, 1.165) is 17.8 Å². The molecule has 0 bridgehead atoms. The lowest BCUT2D eigenvalue weighted by Crippen LogP contribution is -2.23. The van der Waals surface area contributed by atoms with Gasteiger partial charge in [-0.15, -0.1) is 5.10 Å². The van der Waals surface area contributed by atoms with Gasteiger partial charge in [0.1, 0.15) is 5.15 Å². The van der Waals surface area contributed by atoms with Crippen LogP contribution in [-0.4, -0.2) is 44.7 Å². The predicted octanol–water partition coefficient (Wildman–Crippen LogP) is 1.01. The summed E-state index contributed by atoms with van der Waals surface area (Å²) in [6, 6.07) is 1.77. The lowest BCUT2D eigenvalue weighted by atomic mass is 10.0. The van der Waals surface area contributed by atoms with Crippen LogP contribution in [0, 0.1) is 0 Å². The summed E-state index contributed by atoms with van der Waals surface area (Å²) >= 11 is 5.94. The highest BCUT2D eigenvalue weighted by molar-refractivity contribution is 7.91. The number of rotatable bonds is 3. The SMILES string of the molecule is Cn1nc(Cn2cc(C3CCCS(=O)(=O)C3)nn2)cc1Cl. The zero-order valence-corrected chi connectivity index (χ0v) is 13.2. The molecule has 21 heavy (non-hydrogen) atoms. The smallest absolute Gasteiger partial charge is 0.150 e. The number of hydrogen-bond acceptors (Lipinski definition) is 5. The van der Waals surface area contributed by atoms with E-state index < -0.39 is 9.84 Å². The molecule has 1 fully saturated rings. The molecule has 3 rings (SSSR count). The van der Waals surface area contributed by atoms with Crippen LogP contribution in [0.25, 0.3) is 0 Å². The minimum Gasteiger partial charge on any atom is -0.257 e. The third kappa shape index (κ3) is 3.26. The van der Waals surface area contributed by atoms with Gasteiger partial charge in [-0.25, -0.2) is 13.1 Å². The first-order valence-electron chi connectivity index (χ1n) is 6.72. The van der Waals surface area contributed by atoms with E-state index in [0.29, 0.717) is 18.1 Å². The van der Waals surface area contributed by atoms with Crippen LogP contribution in [0.1, 0.15) is 30.1 Å². The first kappa shape index (κ1) is 14.5. The van der Waals surface area contributed by atoms with E-state index in [-0.39, 0.29) is 17.4 Å². The molecule has 0 spiro atoms. The lowest BCUT2D eigenvalue weighted by molar-refractivity contribution is 0.549. The zero-order valence-electron chi connectivity index (χ0n) is 11.6. The van der Waals surface area contributed by atoms with Crippen molar-refractivity contribution < 1.29 is 8.42 Å². The van der Waals surface area contributed by atoms with Crippen molar-refractivity contribution in [3.05, 3.63) is 28.8 Å². The van der Waals surface area contributed by atoms with Gasteiger partial charge in [0.2, 0.25) is 0 Å². The minimum atomic E-state index is -2.94. The topological polar surface area (TPSA) is 82.7 Å². The Labute approximate surface area is 127 Å². The molecule has 114 valence electrons. The van der Waals surface area contributed by atoms with E-state index >= 15 is 0 Å². The number of aromatic nitrogens is 5. The molecule has 1 aliphatic rings. The van der Waals surface area contributed by atoms with Gasteiger partial charge in [0, 0.05) is 25.2 Å². The normalized spacial score (nSPS) is 21.5. The highest BCUT2D eigenvalue weighted by Crippen LogP contribution is 2.26. The summed E-state index contributed by atoms with van der Waals surface area (Å²) in [6.45, 7) is 0.465. The van der Waals surface area contributed by atoms with Gasteiger partial charge in [0.15, 0.2) is 9.84 Å². The third-order valence-electron chi connectivity index (χ3n) is 3.63. The number of sulfone groups is 1. The van der Waals surface area contributed by atoms with Crippen LogP contribution in [0.2, 0.25) is 5.15 Å². The average Bonchev–Trinajstić information content (AvgIpc) is 2.97. The first-order valence-corrected chi connectivity index (χ1v) is 8.92. The van der Waals surface area contributed by atoms with Gasteiger partial charge >= 0.3 is 0 Å². The molecular formula is C12H16ClN5O2S. The summed E-state index contributed by atoms with van der Waals surface area (Å²) in [7, 11) is -1.17. The quantitative estimate of drug-likeness (QED) is 0.839. The van der Waals surface area contributed by atoms with Crippen LogP contribution in [-0.2, 0) is 23.4 Å². The fourth-order valence-corrected chi connectivity index (χ4v) is 4.46. The van der Waals surface area contributed by atoms with Gasteiger partial charge in [0.25, 0.3) is 0 Å². The Morgan fingerprint density at radius 2 is 2.29 bits per heavy atom. The molecular weight excluding hydrogens is 314 g/mol. The summed E-state index contributed by atoms with van der Waals surface area (Å²) < 4.78 is 26.6. The molecule has 0 aliphatic carbocycles. The molecule has 1 unspecified atom stereocenters. The summed E-state index contributed by atoms with van der Waals surface area (Å²) in [6.07, 6.45) is 3.33. The maximum absolute atomic E-state index is 11.7. The fraction of sp³-hybridized carbons (Fsp3) is 0.583. The van der Waals surface area contributed by atoms with Crippen LogP contribution in [0.5, 0.6) is 0 Å². The van der Waals surface area contributed by atoms with Gasteiger partial charge in [-0.2, -0.15) is 5.10 Å². The molecule has 1 saturated heterocycles. The van der Waals surface area contributed by atoms with E-state index in [1.165, 1.54) is 0 Å². The Hall–Kier alpha value is -1.41. The average molecular weight is 330 g/mol. The third-order valence-corrected chi connectivity index (χ3v) is 5.81. The number of halogens is 1. The van der Waals surface area contributed by atoms with Gasteiger partial charge < -0.3 is 0 Å². The first-order chi connectivity index (χ1) is 9.93. The Balaban J connectivity index is 1.74. The van der Waals surface area contributed by atoms with E-state index in [4.69, 9.17) is 11.6 Å². The van der Waals surface area contributed by atoms with Crippen LogP contribution in [0.15, 0.2) is 12.3 Å². The van der Waals surface area contributed by atoms with E-state index in [1.54, 1.807) is 28.7 Å². The standard InChI is InChI=1S/C12H16ClN5O2S/c1-17-12(13)5-10(15-17)6-18-7-11(14-16-18)9-3-2-4-21(19,20)8-9/h5,7,9H,2-4,6,8H2,1H3. The van der Waals surface area contributed by atoms with Gasteiger partial charge in [-0.05, 0) is 12.8 Å². The van der Waals surface area contributed by atoms with Gasteiger partial charge in [0.05, 0.1) is 29.4 Å². The lowest BCUT2D eigenvalue weighted by Gasteiger charge is -2.19. The maximum atomic E-state index is 11.7. The van der Waals surface area contributed by atoms with Crippen LogP contribution < -0.4 is 0 Å². The molecule has 3 heterocycles. The molecule has 0 saturated carbocycles. The van der Waals surface area contributed by atoms with E-state index in [1.807, 2.05) is 0 Å². The number of hydrogen-bond donors (Lipinski definition) is 0. The van der Waals surface area contributed by atoms with E-state index in [9.17, 15) is 8.42 Å². The molecule has 0 amide bonds. The maximum Gasteiger partial charge on any atom is 0.150 e. The summed E-state index contributed by atoms with van der Waals surface area (Å²) in [4.78, 5) is 0. The largest absolute Gasteiger partial charge is 0.257 e. The monoisotopic (exact) mass is 329 g/mol. The van der Waals surface area contributed by atoms with Crippen molar-refractivity contribution in [2.45, 2.75) is 25.3 Å². The minimum absolute atomic E-state index is 0.0511. The van der Waals surface area contributed by atoms with Crippen LogP contribution in [0.4, 0.5) is 0 Å². The summed E-state index contributed by atoms with van der Waals surface area (Å²) in [5.41, 5.74) is 1.52. The summed E-state index contributed by atoms with van der Waals surface area (Å²) in [5.74, 6) is 0.398.